The summed E-state index contributed by atoms with van der Waals surface area (Å²) in [5.74, 6) is -0.514. The van der Waals surface area contributed by atoms with Crippen LogP contribution in [0.1, 0.15) is 21.5 Å². The summed E-state index contributed by atoms with van der Waals surface area (Å²) in [6.45, 7) is -0.179. The SMILES string of the molecule is O=C(COCCO)c1ccc2[nH]ncc2c1Cc1ccc(I)cc1F. The third-order valence-electron chi connectivity index (χ3n) is 3.89. The third-order valence-corrected chi connectivity index (χ3v) is 4.56. The Morgan fingerprint density at radius 1 is 1.32 bits per heavy atom. The normalized spacial score (nSPS) is 11.2. The number of ketones is 1. The topological polar surface area (TPSA) is 75.2 Å². The van der Waals surface area contributed by atoms with Crippen molar-refractivity contribution < 1.29 is 19.0 Å². The van der Waals surface area contributed by atoms with Crippen LogP contribution in [0.3, 0.4) is 0 Å². The molecule has 1 aromatic heterocycles. The summed E-state index contributed by atoms with van der Waals surface area (Å²) in [4.78, 5) is 12.5. The molecule has 0 amide bonds. The minimum Gasteiger partial charge on any atom is -0.394 e. The molecule has 0 saturated carbocycles. The molecule has 25 heavy (non-hydrogen) atoms. The number of Topliss-reactive ketones (excluding diaryl/α,β-unsaturated/α-hetero) is 1. The van der Waals surface area contributed by atoms with Crippen molar-refractivity contribution in [3.05, 3.63) is 62.6 Å². The van der Waals surface area contributed by atoms with Gasteiger partial charge in [-0.05, 0) is 58.0 Å². The van der Waals surface area contributed by atoms with E-state index in [0.717, 1.165) is 14.5 Å². The number of aromatic amines is 1. The Balaban J connectivity index is 2.00. The van der Waals surface area contributed by atoms with Gasteiger partial charge in [0.25, 0.3) is 0 Å². The maximum Gasteiger partial charge on any atom is 0.188 e. The molecular weight excluding hydrogens is 438 g/mol. The summed E-state index contributed by atoms with van der Waals surface area (Å²) in [6, 6.07) is 8.50. The monoisotopic (exact) mass is 454 g/mol. The molecule has 0 radical (unpaired) electrons. The Morgan fingerprint density at radius 2 is 2.16 bits per heavy atom. The number of aliphatic hydroxyl groups excluding tert-OH is 1. The Kier molecular flexibility index (Phi) is 5.77. The van der Waals surface area contributed by atoms with Crippen molar-refractivity contribution >= 4 is 39.3 Å². The summed E-state index contributed by atoms with van der Waals surface area (Å²) in [7, 11) is 0. The predicted molar refractivity (Wildman–Crippen MR) is 100 cm³/mol. The van der Waals surface area contributed by atoms with E-state index in [-0.39, 0.29) is 37.8 Å². The van der Waals surface area contributed by atoms with E-state index in [0.29, 0.717) is 16.7 Å². The molecule has 7 heteroatoms. The first-order valence-corrected chi connectivity index (χ1v) is 8.78. The molecule has 0 fully saturated rings. The number of hydrogen-bond donors (Lipinski definition) is 2. The van der Waals surface area contributed by atoms with Crippen LogP contribution in [0.25, 0.3) is 10.9 Å². The molecule has 3 rings (SSSR count). The number of carbonyl (C=O) groups is 1. The summed E-state index contributed by atoms with van der Waals surface area (Å²) >= 11 is 2.06. The fraction of sp³-hybridized carbons (Fsp3) is 0.222. The van der Waals surface area contributed by atoms with Gasteiger partial charge in [-0.1, -0.05) is 6.07 Å². The van der Waals surface area contributed by atoms with Gasteiger partial charge < -0.3 is 9.84 Å². The van der Waals surface area contributed by atoms with Gasteiger partial charge in [0, 0.05) is 20.9 Å². The first-order valence-electron chi connectivity index (χ1n) is 7.71. The number of rotatable bonds is 7. The van der Waals surface area contributed by atoms with E-state index in [1.165, 1.54) is 6.07 Å². The van der Waals surface area contributed by atoms with Crippen molar-refractivity contribution in [3.63, 3.8) is 0 Å². The quantitative estimate of drug-likeness (QED) is 0.327. The molecule has 0 unspecified atom stereocenters. The zero-order chi connectivity index (χ0) is 17.8. The molecule has 3 aromatic rings. The summed E-state index contributed by atoms with van der Waals surface area (Å²) < 4.78 is 20.2. The Bertz CT molecular complexity index is 910. The van der Waals surface area contributed by atoms with E-state index in [4.69, 9.17) is 9.84 Å². The van der Waals surface area contributed by atoms with Crippen molar-refractivity contribution in [2.75, 3.05) is 19.8 Å². The zero-order valence-electron chi connectivity index (χ0n) is 13.3. The molecule has 0 aliphatic rings. The number of ether oxygens (including phenoxy) is 1. The fourth-order valence-corrected chi connectivity index (χ4v) is 3.14. The second-order valence-electron chi connectivity index (χ2n) is 5.53. The smallest absolute Gasteiger partial charge is 0.188 e. The number of carbonyl (C=O) groups excluding carboxylic acids is 1. The molecule has 0 bridgehead atoms. The lowest BCUT2D eigenvalue weighted by Gasteiger charge is -2.11. The molecule has 2 aromatic carbocycles. The number of halogens is 2. The summed E-state index contributed by atoms with van der Waals surface area (Å²) in [5.41, 5.74) is 2.49. The lowest BCUT2D eigenvalue weighted by atomic mass is 9.94. The first kappa shape index (κ1) is 18.0. The highest BCUT2D eigenvalue weighted by atomic mass is 127. The van der Waals surface area contributed by atoms with Gasteiger partial charge in [0.1, 0.15) is 12.4 Å². The van der Waals surface area contributed by atoms with E-state index >= 15 is 0 Å². The third kappa shape index (κ3) is 4.05. The molecule has 130 valence electrons. The lowest BCUT2D eigenvalue weighted by Crippen LogP contribution is -2.14. The van der Waals surface area contributed by atoms with E-state index in [1.54, 1.807) is 24.4 Å². The highest BCUT2D eigenvalue weighted by molar-refractivity contribution is 14.1. The molecule has 0 spiro atoms. The summed E-state index contributed by atoms with van der Waals surface area (Å²) in [5, 5.41) is 16.4. The molecular formula is C18H16FIN2O3. The molecule has 2 N–H and O–H groups in total. The van der Waals surface area contributed by atoms with Crippen molar-refractivity contribution in [1.82, 2.24) is 10.2 Å². The van der Waals surface area contributed by atoms with E-state index in [2.05, 4.69) is 32.8 Å². The number of nitrogens with zero attached hydrogens (tertiary/aromatic N) is 1. The van der Waals surface area contributed by atoms with Crippen LogP contribution in [0.2, 0.25) is 0 Å². The number of aromatic nitrogens is 2. The van der Waals surface area contributed by atoms with Gasteiger partial charge in [-0.25, -0.2) is 4.39 Å². The van der Waals surface area contributed by atoms with Gasteiger partial charge in [0.2, 0.25) is 0 Å². The van der Waals surface area contributed by atoms with Crippen LogP contribution in [0.4, 0.5) is 4.39 Å². The van der Waals surface area contributed by atoms with Crippen LogP contribution in [0.15, 0.2) is 36.5 Å². The van der Waals surface area contributed by atoms with Crippen LogP contribution in [0, 0.1) is 9.39 Å². The molecule has 0 aliphatic heterocycles. The number of fused-ring (bicyclic) bond motifs is 1. The second-order valence-corrected chi connectivity index (χ2v) is 6.78. The highest BCUT2D eigenvalue weighted by Gasteiger charge is 2.17. The number of hydrogen-bond acceptors (Lipinski definition) is 4. The number of benzene rings is 2. The average Bonchev–Trinajstić information content (AvgIpc) is 3.06. The van der Waals surface area contributed by atoms with Crippen LogP contribution >= 0.6 is 22.6 Å². The minimum absolute atomic E-state index is 0.0980. The Morgan fingerprint density at radius 3 is 2.92 bits per heavy atom. The van der Waals surface area contributed by atoms with Gasteiger partial charge in [-0.2, -0.15) is 5.10 Å². The largest absolute Gasteiger partial charge is 0.394 e. The number of H-pyrrole nitrogens is 1. The van der Waals surface area contributed by atoms with Gasteiger partial charge in [-0.15, -0.1) is 0 Å². The zero-order valence-corrected chi connectivity index (χ0v) is 15.4. The maximum absolute atomic E-state index is 14.3. The Hall–Kier alpha value is -1.84. The van der Waals surface area contributed by atoms with Crippen molar-refractivity contribution in [1.29, 1.82) is 0 Å². The number of nitrogens with one attached hydrogen (secondary N) is 1. The van der Waals surface area contributed by atoms with Crippen LogP contribution < -0.4 is 0 Å². The van der Waals surface area contributed by atoms with Crippen molar-refractivity contribution in [3.8, 4) is 0 Å². The Labute approximate surface area is 157 Å². The van der Waals surface area contributed by atoms with Gasteiger partial charge >= 0.3 is 0 Å². The number of aliphatic hydroxyl groups is 1. The molecule has 0 atom stereocenters. The van der Waals surface area contributed by atoms with E-state index in [1.807, 2.05) is 6.07 Å². The first-order chi connectivity index (χ1) is 12.1. The van der Waals surface area contributed by atoms with E-state index in [9.17, 15) is 9.18 Å². The molecule has 1 heterocycles. The van der Waals surface area contributed by atoms with Crippen LogP contribution in [-0.2, 0) is 11.2 Å². The van der Waals surface area contributed by atoms with Gasteiger partial charge in [-0.3, -0.25) is 9.89 Å². The fourth-order valence-electron chi connectivity index (χ4n) is 2.69. The molecule has 0 saturated heterocycles. The van der Waals surface area contributed by atoms with Crippen LogP contribution in [-0.4, -0.2) is 40.9 Å². The van der Waals surface area contributed by atoms with Gasteiger partial charge in [0.15, 0.2) is 5.78 Å². The lowest BCUT2D eigenvalue weighted by molar-refractivity contribution is 0.0663. The average molecular weight is 454 g/mol. The minimum atomic E-state index is -0.303. The summed E-state index contributed by atoms with van der Waals surface area (Å²) in [6.07, 6.45) is 1.92. The predicted octanol–water partition coefficient (Wildman–Crippen LogP) is 3.09. The van der Waals surface area contributed by atoms with Crippen molar-refractivity contribution in [2.24, 2.45) is 0 Å². The second kappa shape index (κ2) is 8.03. The molecule has 5 nitrogen and oxygen atoms in total. The maximum atomic E-state index is 14.3. The van der Waals surface area contributed by atoms with Crippen molar-refractivity contribution in [2.45, 2.75) is 6.42 Å². The van der Waals surface area contributed by atoms with Crippen LogP contribution in [0.5, 0.6) is 0 Å². The van der Waals surface area contributed by atoms with Gasteiger partial charge in [0.05, 0.1) is 24.9 Å². The highest BCUT2D eigenvalue weighted by Crippen LogP contribution is 2.26. The van der Waals surface area contributed by atoms with E-state index < -0.39 is 0 Å². The molecule has 0 aliphatic carbocycles. The standard InChI is InChI=1S/C18H16FIN2O3/c19-16-8-12(20)2-1-11(16)7-14-13(18(24)10-25-6-5-23)3-4-17-15(14)9-21-22-17/h1-4,8-9,23H,5-7,10H2,(H,21,22).